The number of methoxy groups -OCH3 is 2. The molecule has 1 heterocycles. The minimum Gasteiger partial charge on any atom is -0.507 e. The molecule has 1 fully saturated rings. The highest BCUT2D eigenvalue weighted by atomic mass is 16.5. The minimum absolute atomic E-state index is 0.118. The highest BCUT2D eigenvalue weighted by molar-refractivity contribution is 6.46. The number of hydrogen-bond donors (Lipinski definition) is 1. The van der Waals surface area contributed by atoms with Crippen LogP contribution in [0.3, 0.4) is 0 Å². The molecule has 0 radical (unpaired) electrons. The fourth-order valence-corrected chi connectivity index (χ4v) is 4.92. The van der Waals surface area contributed by atoms with Gasteiger partial charge in [0.15, 0.2) is 0 Å². The van der Waals surface area contributed by atoms with Crippen LogP contribution in [0.4, 0.5) is 0 Å². The molecule has 6 nitrogen and oxygen atoms in total. The molecule has 1 amide bonds. The SMILES string of the molecule is CCCCCCCCCCCCN1C(=O)C(=O)C(=C(O)c2ccc(OC)cc2)[C@@H]1c1ccc(OC)cc1. The number of hydrogen-bond acceptors (Lipinski definition) is 5. The molecule has 1 N–H and O–H groups in total. The molecule has 1 aliphatic heterocycles. The number of benzene rings is 2. The Morgan fingerprint density at radius 3 is 1.76 bits per heavy atom. The van der Waals surface area contributed by atoms with Crippen LogP contribution in [0.15, 0.2) is 54.1 Å². The standard InChI is InChI=1S/C31H41NO5/c1-4-5-6-7-8-9-10-11-12-13-22-32-28(23-14-18-25(36-2)19-15-23)27(30(34)31(32)35)29(33)24-16-20-26(37-3)21-17-24/h14-21,28,33H,4-13,22H2,1-3H3/t28-/m0/s1. The summed E-state index contributed by atoms with van der Waals surface area (Å²) in [6.45, 7) is 2.70. The lowest BCUT2D eigenvalue weighted by Gasteiger charge is -2.25. The van der Waals surface area contributed by atoms with E-state index in [2.05, 4.69) is 6.92 Å². The second-order valence-corrected chi connectivity index (χ2v) is 9.68. The summed E-state index contributed by atoms with van der Waals surface area (Å²) in [5, 5.41) is 11.2. The van der Waals surface area contributed by atoms with Crippen molar-refractivity contribution in [2.24, 2.45) is 0 Å². The molecule has 0 spiro atoms. The first-order valence-corrected chi connectivity index (χ1v) is 13.6. The van der Waals surface area contributed by atoms with Crippen LogP contribution in [0.1, 0.15) is 88.3 Å². The smallest absolute Gasteiger partial charge is 0.295 e. The second kappa shape index (κ2) is 14.5. The zero-order chi connectivity index (χ0) is 26.6. The van der Waals surface area contributed by atoms with Crippen molar-refractivity contribution < 1.29 is 24.2 Å². The van der Waals surface area contributed by atoms with Gasteiger partial charge in [0, 0.05) is 12.1 Å². The number of ketones is 1. The molecule has 200 valence electrons. The number of aliphatic hydroxyl groups excluding tert-OH is 1. The summed E-state index contributed by atoms with van der Waals surface area (Å²) in [4.78, 5) is 27.9. The number of rotatable bonds is 15. The van der Waals surface area contributed by atoms with Gasteiger partial charge in [-0.2, -0.15) is 0 Å². The Balaban J connectivity index is 1.74. The lowest BCUT2D eigenvalue weighted by molar-refractivity contribution is -0.139. The summed E-state index contributed by atoms with van der Waals surface area (Å²) < 4.78 is 10.5. The van der Waals surface area contributed by atoms with Gasteiger partial charge in [-0.3, -0.25) is 9.59 Å². The Bertz CT molecular complexity index is 1040. The second-order valence-electron chi connectivity index (χ2n) is 9.68. The molecule has 2 aromatic rings. The van der Waals surface area contributed by atoms with Crippen molar-refractivity contribution in [3.63, 3.8) is 0 Å². The number of nitrogens with zero attached hydrogens (tertiary/aromatic N) is 1. The third kappa shape index (κ3) is 7.37. The zero-order valence-corrected chi connectivity index (χ0v) is 22.5. The molecule has 0 aromatic heterocycles. The van der Waals surface area contributed by atoms with Crippen LogP contribution in [0, 0.1) is 0 Å². The lowest BCUT2D eigenvalue weighted by Crippen LogP contribution is -2.30. The Kier molecular flexibility index (Phi) is 11.1. The lowest BCUT2D eigenvalue weighted by atomic mass is 9.95. The largest absolute Gasteiger partial charge is 0.507 e. The molecular weight excluding hydrogens is 466 g/mol. The number of amides is 1. The van der Waals surface area contributed by atoms with Crippen molar-refractivity contribution in [2.75, 3.05) is 20.8 Å². The van der Waals surface area contributed by atoms with E-state index in [-0.39, 0.29) is 11.3 Å². The number of Topliss-reactive ketones (excluding diaryl/α,β-unsaturated/α-hetero) is 1. The molecule has 0 unspecified atom stereocenters. The first-order chi connectivity index (χ1) is 18.0. The highest BCUT2D eigenvalue weighted by Gasteiger charge is 2.45. The number of carbonyl (C=O) groups is 2. The molecule has 6 heteroatoms. The summed E-state index contributed by atoms with van der Waals surface area (Å²) in [5.74, 6) is -0.0596. The maximum absolute atomic E-state index is 13.2. The number of aliphatic hydroxyl groups is 1. The third-order valence-electron chi connectivity index (χ3n) is 7.09. The molecule has 1 atom stereocenters. The van der Waals surface area contributed by atoms with Gasteiger partial charge in [-0.25, -0.2) is 0 Å². The van der Waals surface area contributed by atoms with Crippen molar-refractivity contribution in [3.05, 3.63) is 65.2 Å². The van der Waals surface area contributed by atoms with E-state index in [4.69, 9.17) is 9.47 Å². The van der Waals surface area contributed by atoms with Crippen LogP contribution in [0.5, 0.6) is 11.5 Å². The molecule has 0 aliphatic carbocycles. The van der Waals surface area contributed by atoms with Gasteiger partial charge in [0.25, 0.3) is 11.7 Å². The van der Waals surface area contributed by atoms with Crippen LogP contribution in [0.2, 0.25) is 0 Å². The van der Waals surface area contributed by atoms with E-state index in [9.17, 15) is 14.7 Å². The fourth-order valence-electron chi connectivity index (χ4n) is 4.92. The maximum atomic E-state index is 13.2. The van der Waals surface area contributed by atoms with Crippen LogP contribution < -0.4 is 9.47 Å². The predicted molar refractivity (Wildman–Crippen MR) is 147 cm³/mol. The predicted octanol–water partition coefficient (Wildman–Crippen LogP) is 7.05. The van der Waals surface area contributed by atoms with E-state index in [1.54, 1.807) is 43.4 Å². The van der Waals surface area contributed by atoms with Crippen LogP contribution in [0.25, 0.3) is 5.76 Å². The van der Waals surface area contributed by atoms with Gasteiger partial charge < -0.3 is 19.5 Å². The topological polar surface area (TPSA) is 76.1 Å². The number of likely N-dealkylation sites (tertiary alicyclic amines) is 1. The van der Waals surface area contributed by atoms with Gasteiger partial charge >= 0.3 is 0 Å². The average molecular weight is 508 g/mol. The molecule has 37 heavy (non-hydrogen) atoms. The molecule has 1 saturated heterocycles. The van der Waals surface area contributed by atoms with Crippen LogP contribution in [-0.2, 0) is 9.59 Å². The first kappa shape index (κ1) is 28.3. The Morgan fingerprint density at radius 1 is 0.757 bits per heavy atom. The average Bonchev–Trinajstić information content (AvgIpc) is 3.18. The van der Waals surface area contributed by atoms with E-state index in [0.29, 0.717) is 23.6 Å². The Morgan fingerprint density at radius 2 is 1.24 bits per heavy atom. The summed E-state index contributed by atoms with van der Waals surface area (Å²) in [7, 11) is 3.16. The fraction of sp³-hybridized carbons (Fsp3) is 0.484. The summed E-state index contributed by atoms with van der Waals surface area (Å²) in [6, 6.07) is 13.5. The Labute approximate surface area is 221 Å². The van der Waals surface area contributed by atoms with E-state index in [1.807, 2.05) is 24.3 Å². The molecule has 0 saturated carbocycles. The first-order valence-electron chi connectivity index (χ1n) is 13.6. The van der Waals surface area contributed by atoms with Gasteiger partial charge in [-0.05, 0) is 48.4 Å². The number of unbranched alkanes of at least 4 members (excludes halogenated alkanes) is 9. The highest BCUT2D eigenvalue weighted by Crippen LogP contribution is 2.40. The van der Waals surface area contributed by atoms with E-state index < -0.39 is 17.7 Å². The maximum Gasteiger partial charge on any atom is 0.295 e. The van der Waals surface area contributed by atoms with Crippen LogP contribution in [-0.4, -0.2) is 42.5 Å². The van der Waals surface area contributed by atoms with E-state index in [0.717, 1.165) is 24.8 Å². The molecule has 0 bridgehead atoms. The molecule has 2 aromatic carbocycles. The quantitative estimate of drug-likeness (QED) is 0.121. The van der Waals surface area contributed by atoms with Gasteiger partial charge in [0.2, 0.25) is 0 Å². The molecular formula is C31H41NO5. The van der Waals surface area contributed by atoms with Gasteiger partial charge in [0.05, 0.1) is 25.8 Å². The van der Waals surface area contributed by atoms with Crippen molar-refractivity contribution in [1.82, 2.24) is 4.90 Å². The zero-order valence-electron chi connectivity index (χ0n) is 22.5. The number of carbonyl (C=O) groups excluding carboxylic acids is 2. The van der Waals surface area contributed by atoms with Gasteiger partial charge in [-0.15, -0.1) is 0 Å². The third-order valence-corrected chi connectivity index (χ3v) is 7.09. The number of ether oxygens (including phenoxy) is 2. The van der Waals surface area contributed by atoms with Crippen molar-refractivity contribution >= 4 is 17.4 Å². The molecule has 1 aliphatic rings. The van der Waals surface area contributed by atoms with E-state index >= 15 is 0 Å². The summed E-state index contributed by atoms with van der Waals surface area (Å²) >= 11 is 0. The summed E-state index contributed by atoms with van der Waals surface area (Å²) in [5.41, 5.74) is 1.35. The van der Waals surface area contributed by atoms with E-state index in [1.165, 1.54) is 44.9 Å². The minimum atomic E-state index is -0.652. The van der Waals surface area contributed by atoms with Crippen molar-refractivity contribution in [2.45, 2.75) is 77.2 Å². The van der Waals surface area contributed by atoms with Crippen molar-refractivity contribution in [3.8, 4) is 11.5 Å². The monoisotopic (exact) mass is 507 g/mol. The van der Waals surface area contributed by atoms with Gasteiger partial charge in [0.1, 0.15) is 17.3 Å². The van der Waals surface area contributed by atoms with Gasteiger partial charge in [-0.1, -0.05) is 76.8 Å². The Hall–Kier alpha value is -3.28. The van der Waals surface area contributed by atoms with Crippen molar-refractivity contribution in [1.29, 1.82) is 0 Å². The summed E-state index contributed by atoms with van der Waals surface area (Å²) in [6.07, 6.45) is 11.9. The normalized spacial score (nSPS) is 16.8. The van der Waals surface area contributed by atoms with Crippen LogP contribution >= 0.6 is 0 Å². The molecule has 3 rings (SSSR count).